The molecule has 1 aromatic heterocycles. The molecule has 0 saturated carbocycles. The monoisotopic (exact) mass is 346 g/mol. The van der Waals surface area contributed by atoms with Gasteiger partial charge in [0.1, 0.15) is 0 Å². The number of likely N-dealkylation sites (tertiary alicyclic amines) is 1. The number of carbonyl (C=O) groups is 2. The van der Waals surface area contributed by atoms with E-state index in [1.165, 1.54) is 6.92 Å². The molecule has 2 amide bonds. The van der Waals surface area contributed by atoms with Crippen LogP contribution in [0.15, 0.2) is 18.3 Å². The minimum atomic E-state index is -0.180. The van der Waals surface area contributed by atoms with Crippen LogP contribution in [0.25, 0.3) is 0 Å². The Balaban J connectivity index is 1.66. The largest absolute Gasteiger partial charge is 0.379 e. The minimum absolute atomic E-state index is 0.0239. The average molecular weight is 346 g/mol. The standard InChI is InChI=1S/C18H26N4O3/c1-14(23)20-12-18(24)22-6-2-3-17(22)15-4-5-19-16(11-15)13-21-7-9-25-10-8-21/h4-5,11,17H,2-3,6-10,12-13H2,1H3,(H,20,23)/t17-/m0/s1. The minimum Gasteiger partial charge on any atom is -0.379 e. The van der Waals surface area contributed by atoms with E-state index in [9.17, 15) is 9.59 Å². The third-order valence-electron chi connectivity index (χ3n) is 4.78. The van der Waals surface area contributed by atoms with E-state index in [-0.39, 0.29) is 24.4 Å². The molecule has 0 radical (unpaired) electrons. The maximum Gasteiger partial charge on any atom is 0.242 e. The highest BCUT2D eigenvalue weighted by atomic mass is 16.5. The van der Waals surface area contributed by atoms with Crippen molar-refractivity contribution in [1.29, 1.82) is 0 Å². The van der Waals surface area contributed by atoms with E-state index in [4.69, 9.17) is 4.74 Å². The highest BCUT2D eigenvalue weighted by Gasteiger charge is 2.30. The molecule has 2 aliphatic rings. The van der Waals surface area contributed by atoms with E-state index < -0.39 is 0 Å². The van der Waals surface area contributed by atoms with Crippen LogP contribution in [0.3, 0.4) is 0 Å². The predicted molar refractivity (Wildman–Crippen MR) is 92.7 cm³/mol. The van der Waals surface area contributed by atoms with Crippen molar-refractivity contribution in [3.8, 4) is 0 Å². The molecule has 0 bridgehead atoms. The summed E-state index contributed by atoms with van der Waals surface area (Å²) in [6.45, 7) is 6.44. The Labute approximate surface area is 148 Å². The lowest BCUT2D eigenvalue weighted by atomic mass is 10.0. The molecule has 25 heavy (non-hydrogen) atoms. The SMILES string of the molecule is CC(=O)NCC(=O)N1CCC[C@H]1c1ccnc(CN2CCOCC2)c1. The first-order valence-corrected chi connectivity index (χ1v) is 8.92. The van der Waals surface area contributed by atoms with E-state index in [2.05, 4.69) is 21.3 Å². The molecule has 2 fully saturated rings. The van der Waals surface area contributed by atoms with Gasteiger partial charge in [-0.05, 0) is 30.5 Å². The highest BCUT2D eigenvalue weighted by molar-refractivity contribution is 5.84. The molecule has 3 heterocycles. The molecule has 1 N–H and O–H groups in total. The van der Waals surface area contributed by atoms with Gasteiger partial charge in [0.05, 0.1) is 31.5 Å². The number of hydrogen-bond donors (Lipinski definition) is 1. The van der Waals surface area contributed by atoms with Crippen LogP contribution in [0.1, 0.15) is 37.1 Å². The number of nitrogens with one attached hydrogen (secondary N) is 1. The number of amides is 2. The van der Waals surface area contributed by atoms with Gasteiger partial charge in [0.25, 0.3) is 0 Å². The number of ether oxygens (including phenoxy) is 1. The quantitative estimate of drug-likeness (QED) is 0.850. The third-order valence-corrected chi connectivity index (χ3v) is 4.78. The zero-order valence-corrected chi connectivity index (χ0v) is 14.7. The van der Waals surface area contributed by atoms with Crippen LogP contribution in [0, 0.1) is 0 Å². The number of aromatic nitrogens is 1. The first-order chi connectivity index (χ1) is 12.1. The summed E-state index contributed by atoms with van der Waals surface area (Å²) in [4.78, 5) is 32.2. The molecular formula is C18H26N4O3. The Kier molecular flexibility index (Phi) is 5.99. The Morgan fingerprint density at radius 3 is 2.88 bits per heavy atom. The van der Waals surface area contributed by atoms with Gasteiger partial charge in [-0.1, -0.05) is 0 Å². The van der Waals surface area contributed by atoms with Crippen LogP contribution >= 0.6 is 0 Å². The fourth-order valence-electron chi connectivity index (χ4n) is 3.49. The highest BCUT2D eigenvalue weighted by Crippen LogP contribution is 2.32. The maximum absolute atomic E-state index is 12.4. The van der Waals surface area contributed by atoms with Crippen LogP contribution in [0.2, 0.25) is 0 Å². The van der Waals surface area contributed by atoms with Crippen molar-refractivity contribution >= 4 is 11.8 Å². The van der Waals surface area contributed by atoms with Gasteiger partial charge in [-0.2, -0.15) is 0 Å². The summed E-state index contributed by atoms with van der Waals surface area (Å²) in [5, 5.41) is 2.60. The van der Waals surface area contributed by atoms with Gasteiger partial charge in [-0.25, -0.2) is 0 Å². The molecule has 3 rings (SSSR count). The van der Waals surface area contributed by atoms with Gasteiger partial charge in [0, 0.05) is 39.3 Å². The molecule has 0 unspecified atom stereocenters. The van der Waals surface area contributed by atoms with Crippen molar-refractivity contribution in [2.45, 2.75) is 32.4 Å². The second-order valence-corrected chi connectivity index (χ2v) is 6.62. The Hall–Kier alpha value is -1.99. The van der Waals surface area contributed by atoms with Crippen molar-refractivity contribution in [1.82, 2.24) is 20.1 Å². The zero-order valence-electron chi connectivity index (χ0n) is 14.7. The van der Waals surface area contributed by atoms with E-state index in [0.717, 1.165) is 63.5 Å². The average Bonchev–Trinajstić information content (AvgIpc) is 3.10. The third kappa shape index (κ3) is 4.76. The topological polar surface area (TPSA) is 74.8 Å². The van der Waals surface area contributed by atoms with Gasteiger partial charge < -0.3 is 15.0 Å². The van der Waals surface area contributed by atoms with Crippen LogP contribution < -0.4 is 5.32 Å². The first kappa shape index (κ1) is 17.8. The lowest BCUT2D eigenvalue weighted by molar-refractivity contribution is -0.133. The van der Waals surface area contributed by atoms with Gasteiger partial charge in [0.15, 0.2) is 0 Å². The smallest absolute Gasteiger partial charge is 0.242 e. The van der Waals surface area contributed by atoms with E-state index in [1.807, 2.05) is 17.2 Å². The molecule has 2 saturated heterocycles. The summed E-state index contributed by atoms with van der Waals surface area (Å²) < 4.78 is 5.39. The molecular weight excluding hydrogens is 320 g/mol. The van der Waals surface area contributed by atoms with Crippen molar-refractivity contribution in [3.05, 3.63) is 29.6 Å². The number of carbonyl (C=O) groups excluding carboxylic acids is 2. The fourth-order valence-corrected chi connectivity index (χ4v) is 3.49. The summed E-state index contributed by atoms with van der Waals surface area (Å²) in [7, 11) is 0. The molecule has 136 valence electrons. The van der Waals surface area contributed by atoms with Crippen LogP contribution in [-0.2, 0) is 20.9 Å². The fraction of sp³-hybridized carbons (Fsp3) is 0.611. The number of hydrogen-bond acceptors (Lipinski definition) is 5. The predicted octanol–water partition coefficient (Wildman–Crippen LogP) is 0.713. The van der Waals surface area contributed by atoms with Crippen LogP contribution in [0.5, 0.6) is 0 Å². The van der Waals surface area contributed by atoms with Crippen molar-refractivity contribution in [3.63, 3.8) is 0 Å². The molecule has 0 spiro atoms. The Morgan fingerprint density at radius 2 is 2.12 bits per heavy atom. The molecule has 7 heteroatoms. The second-order valence-electron chi connectivity index (χ2n) is 6.62. The number of pyridine rings is 1. The molecule has 1 atom stereocenters. The molecule has 0 aliphatic carbocycles. The van der Waals surface area contributed by atoms with E-state index in [1.54, 1.807) is 0 Å². The number of morpholine rings is 1. The molecule has 0 aromatic carbocycles. The van der Waals surface area contributed by atoms with Gasteiger partial charge in [-0.3, -0.25) is 19.5 Å². The molecule has 1 aromatic rings. The van der Waals surface area contributed by atoms with Crippen LogP contribution in [0.4, 0.5) is 0 Å². The maximum atomic E-state index is 12.4. The summed E-state index contributed by atoms with van der Waals surface area (Å²) in [5.74, 6) is -0.204. The van der Waals surface area contributed by atoms with Crippen molar-refractivity contribution in [2.75, 3.05) is 39.4 Å². The van der Waals surface area contributed by atoms with Gasteiger partial charge >= 0.3 is 0 Å². The second kappa shape index (κ2) is 8.40. The van der Waals surface area contributed by atoms with Gasteiger partial charge in [0.2, 0.25) is 11.8 Å². The van der Waals surface area contributed by atoms with Crippen molar-refractivity contribution in [2.24, 2.45) is 0 Å². The number of nitrogens with zero attached hydrogens (tertiary/aromatic N) is 3. The van der Waals surface area contributed by atoms with Crippen LogP contribution in [-0.4, -0.2) is 66.0 Å². The Bertz CT molecular complexity index is 616. The summed E-state index contributed by atoms with van der Waals surface area (Å²) in [5.41, 5.74) is 2.16. The summed E-state index contributed by atoms with van der Waals surface area (Å²) in [6.07, 6.45) is 3.77. The summed E-state index contributed by atoms with van der Waals surface area (Å²) in [6, 6.07) is 4.19. The zero-order chi connectivity index (χ0) is 17.6. The lowest BCUT2D eigenvalue weighted by Gasteiger charge is -2.27. The van der Waals surface area contributed by atoms with Gasteiger partial charge in [-0.15, -0.1) is 0 Å². The molecule has 7 nitrogen and oxygen atoms in total. The van der Waals surface area contributed by atoms with E-state index in [0.29, 0.717) is 0 Å². The van der Waals surface area contributed by atoms with E-state index >= 15 is 0 Å². The van der Waals surface area contributed by atoms with Crippen molar-refractivity contribution < 1.29 is 14.3 Å². The number of rotatable bonds is 5. The normalized spacial score (nSPS) is 21.3. The summed E-state index contributed by atoms with van der Waals surface area (Å²) >= 11 is 0. The Morgan fingerprint density at radius 1 is 1.32 bits per heavy atom. The molecule has 2 aliphatic heterocycles. The first-order valence-electron chi connectivity index (χ1n) is 8.92. The lowest BCUT2D eigenvalue weighted by Crippen LogP contribution is -2.39.